The molecule has 142 valence electrons. The average molecular weight is 386 g/mol. The van der Waals surface area contributed by atoms with Gasteiger partial charge in [-0.25, -0.2) is 32.8 Å². The number of nitrogens with zero attached hydrogens (tertiary/aromatic N) is 5. The van der Waals surface area contributed by atoms with E-state index in [-0.39, 0.29) is 52.0 Å². The number of rotatable bonds is 3. The summed E-state index contributed by atoms with van der Waals surface area (Å²) in [5.74, 6) is -2.30. The van der Waals surface area contributed by atoms with Gasteiger partial charge in [0, 0.05) is 5.56 Å². The molecule has 4 aromatic rings. The first-order valence-corrected chi connectivity index (χ1v) is 7.99. The molecule has 6 N–H and O–H groups in total. The summed E-state index contributed by atoms with van der Waals surface area (Å²) in [5, 5.41) is 4.49. The second-order valence-corrected chi connectivity index (χ2v) is 5.96. The second kappa shape index (κ2) is 6.37. The maximum absolute atomic E-state index is 14.0. The van der Waals surface area contributed by atoms with Gasteiger partial charge in [-0.3, -0.25) is 0 Å². The molecule has 0 amide bonds. The molecule has 0 radical (unpaired) electrons. The molecule has 0 aliphatic rings. The van der Waals surface area contributed by atoms with Crippen LogP contribution in [-0.2, 0) is 6.54 Å². The van der Waals surface area contributed by atoms with Crippen molar-refractivity contribution < 1.29 is 13.2 Å². The zero-order valence-electron chi connectivity index (χ0n) is 14.2. The van der Waals surface area contributed by atoms with Crippen molar-refractivity contribution in [1.29, 1.82) is 0 Å². The molecule has 0 fully saturated rings. The standard InChI is InChI=1S/C17H13F3N8/c18-7-4-8-13(16-25-14(22)12(21)15(23)26-16)27-28(17(8)24-5-7)6-9-10(19)2-1-3-11(9)20/h1-5H,6,21H2,(H4,22,23,25,26). The maximum atomic E-state index is 14.0. The van der Waals surface area contributed by atoms with Gasteiger partial charge in [0.2, 0.25) is 0 Å². The number of anilines is 3. The van der Waals surface area contributed by atoms with E-state index in [4.69, 9.17) is 17.2 Å². The molecule has 0 aliphatic carbocycles. The lowest BCUT2D eigenvalue weighted by molar-refractivity contribution is 0.536. The van der Waals surface area contributed by atoms with E-state index in [0.29, 0.717) is 0 Å². The molecule has 8 nitrogen and oxygen atoms in total. The number of fused-ring (bicyclic) bond motifs is 1. The Bertz CT molecular complexity index is 1180. The lowest BCUT2D eigenvalue weighted by atomic mass is 10.2. The predicted molar refractivity (Wildman–Crippen MR) is 97.2 cm³/mol. The lowest BCUT2D eigenvalue weighted by Gasteiger charge is -2.06. The third-order valence-electron chi connectivity index (χ3n) is 4.14. The third-order valence-corrected chi connectivity index (χ3v) is 4.14. The highest BCUT2D eigenvalue weighted by Crippen LogP contribution is 2.29. The molecule has 0 saturated heterocycles. The van der Waals surface area contributed by atoms with Gasteiger partial charge in [0.25, 0.3) is 0 Å². The molecule has 0 bridgehead atoms. The van der Waals surface area contributed by atoms with Crippen LogP contribution in [0.15, 0.2) is 30.5 Å². The fourth-order valence-electron chi connectivity index (χ4n) is 2.75. The largest absolute Gasteiger partial charge is 0.393 e. The van der Waals surface area contributed by atoms with E-state index in [9.17, 15) is 13.2 Å². The number of benzene rings is 1. The number of hydrogen-bond acceptors (Lipinski definition) is 7. The molecule has 0 unspecified atom stereocenters. The molecule has 4 rings (SSSR count). The van der Waals surface area contributed by atoms with Crippen LogP contribution >= 0.6 is 0 Å². The van der Waals surface area contributed by atoms with Crippen molar-refractivity contribution in [2.24, 2.45) is 0 Å². The zero-order valence-corrected chi connectivity index (χ0v) is 14.2. The first-order chi connectivity index (χ1) is 13.3. The van der Waals surface area contributed by atoms with Gasteiger partial charge < -0.3 is 17.2 Å². The summed E-state index contributed by atoms with van der Waals surface area (Å²) in [7, 11) is 0. The van der Waals surface area contributed by atoms with Crippen LogP contribution in [0.1, 0.15) is 5.56 Å². The highest BCUT2D eigenvalue weighted by molar-refractivity contribution is 5.90. The number of hydrogen-bond donors (Lipinski definition) is 3. The van der Waals surface area contributed by atoms with Crippen LogP contribution in [0.2, 0.25) is 0 Å². The lowest BCUT2D eigenvalue weighted by Crippen LogP contribution is -2.08. The minimum absolute atomic E-state index is 0.00483. The van der Waals surface area contributed by atoms with Crippen LogP contribution in [0, 0.1) is 17.5 Å². The molecule has 0 atom stereocenters. The first-order valence-electron chi connectivity index (χ1n) is 7.99. The molecule has 3 heterocycles. The van der Waals surface area contributed by atoms with E-state index in [1.807, 2.05) is 0 Å². The van der Waals surface area contributed by atoms with E-state index >= 15 is 0 Å². The summed E-state index contributed by atoms with van der Waals surface area (Å²) in [5.41, 5.74) is 17.2. The van der Waals surface area contributed by atoms with Crippen molar-refractivity contribution in [3.8, 4) is 11.5 Å². The fourth-order valence-corrected chi connectivity index (χ4v) is 2.75. The number of nitrogen functional groups attached to an aromatic ring is 3. The minimum Gasteiger partial charge on any atom is -0.393 e. The smallest absolute Gasteiger partial charge is 0.184 e. The Morgan fingerprint density at radius 3 is 2.25 bits per heavy atom. The fraction of sp³-hybridized carbons (Fsp3) is 0.0588. The quantitative estimate of drug-likeness (QED) is 0.491. The van der Waals surface area contributed by atoms with E-state index in [1.165, 1.54) is 10.7 Å². The molecule has 0 spiro atoms. The Morgan fingerprint density at radius 1 is 0.964 bits per heavy atom. The Labute approximate surface area is 155 Å². The van der Waals surface area contributed by atoms with Gasteiger partial charge in [-0.2, -0.15) is 5.10 Å². The monoisotopic (exact) mass is 386 g/mol. The van der Waals surface area contributed by atoms with Crippen molar-refractivity contribution in [1.82, 2.24) is 24.7 Å². The highest BCUT2D eigenvalue weighted by atomic mass is 19.1. The van der Waals surface area contributed by atoms with E-state index < -0.39 is 17.5 Å². The zero-order chi connectivity index (χ0) is 20.0. The summed E-state index contributed by atoms with van der Waals surface area (Å²) in [6, 6.07) is 4.67. The Morgan fingerprint density at radius 2 is 1.61 bits per heavy atom. The van der Waals surface area contributed by atoms with Crippen molar-refractivity contribution in [3.63, 3.8) is 0 Å². The van der Waals surface area contributed by atoms with Gasteiger partial charge in [-0.15, -0.1) is 0 Å². The molecule has 0 aliphatic heterocycles. The van der Waals surface area contributed by atoms with Gasteiger partial charge in [0.15, 0.2) is 23.1 Å². The molecule has 1 aromatic carbocycles. The van der Waals surface area contributed by atoms with Crippen molar-refractivity contribution in [3.05, 3.63) is 53.5 Å². The molecule has 11 heteroatoms. The van der Waals surface area contributed by atoms with Crippen LogP contribution in [-0.4, -0.2) is 24.7 Å². The van der Waals surface area contributed by atoms with Crippen molar-refractivity contribution in [2.45, 2.75) is 6.54 Å². The molecule has 28 heavy (non-hydrogen) atoms. The minimum atomic E-state index is -0.746. The topological polar surface area (TPSA) is 135 Å². The van der Waals surface area contributed by atoms with Crippen molar-refractivity contribution in [2.75, 3.05) is 17.2 Å². The first kappa shape index (κ1) is 17.5. The molecule has 3 aromatic heterocycles. The summed E-state index contributed by atoms with van der Waals surface area (Å²) in [6.45, 7) is -0.284. The Hall–Kier alpha value is -3.89. The SMILES string of the molecule is Nc1nc(-c2nn(Cc3c(F)cccc3F)c3ncc(F)cc23)nc(N)c1N. The predicted octanol–water partition coefficient (Wildman–Crippen LogP) is 2.10. The molecular weight excluding hydrogens is 373 g/mol. The number of halogens is 3. The van der Waals surface area contributed by atoms with Gasteiger partial charge >= 0.3 is 0 Å². The van der Waals surface area contributed by atoms with Crippen molar-refractivity contribution >= 4 is 28.4 Å². The van der Waals surface area contributed by atoms with E-state index in [1.54, 1.807) is 0 Å². The number of pyridine rings is 1. The van der Waals surface area contributed by atoms with Crippen LogP contribution in [0.25, 0.3) is 22.6 Å². The van der Waals surface area contributed by atoms with Gasteiger partial charge in [-0.05, 0) is 18.2 Å². The van der Waals surface area contributed by atoms with Gasteiger partial charge in [0.05, 0.1) is 18.1 Å². The van der Waals surface area contributed by atoms with Gasteiger partial charge in [-0.1, -0.05) is 6.07 Å². The van der Waals surface area contributed by atoms with Crippen LogP contribution in [0.3, 0.4) is 0 Å². The number of nitrogens with two attached hydrogens (primary N) is 3. The van der Waals surface area contributed by atoms with E-state index in [0.717, 1.165) is 24.4 Å². The van der Waals surface area contributed by atoms with Crippen LogP contribution in [0.5, 0.6) is 0 Å². The summed E-state index contributed by atoms with van der Waals surface area (Å²) in [4.78, 5) is 12.0. The van der Waals surface area contributed by atoms with Crippen LogP contribution in [0.4, 0.5) is 30.5 Å². The second-order valence-electron chi connectivity index (χ2n) is 5.96. The van der Waals surface area contributed by atoms with Gasteiger partial charge in [0.1, 0.15) is 28.8 Å². The Balaban J connectivity index is 1.93. The third kappa shape index (κ3) is 2.82. The number of aromatic nitrogens is 5. The Kier molecular flexibility index (Phi) is 3.99. The van der Waals surface area contributed by atoms with Crippen LogP contribution < -0.4 is 17.2 Å². The normalized spacial score (nSPS) is 11.2. The maximum Gasteiger partial charge on any atom is 0.184 e. The molecule has 0 saturated carbocycles. The highest BCUT2D eigenvalue weighted by Gasteiger charge is 2.20. The summed E-state index contributed by atoms with van der Waals surface area (Å²) >= 11 is 0. The molecular formula is C17H13F3N8. The summed E-state index contributed by atoms with van der Waals surface area (Å²) < 4.78 is 43.1. The summed E-state index contributed by atoms with van der Waals surface area (Å²) in [6.07, 6.45) is 0.967. The average Bonchev–Trinajstić information content (AvgIpc) is 3.00. The van der Waals surface area contributed by atoms with E-state index in [2.05, 4.69) is 20.1 Å².